The molecule has 0 saturated carbocycles. The zero-order valence-corrected chi connectivity index (χ0v) is 12.8. The van der Waals surface area contributed by atoms with Crippen molar-refractivity contribution in [2.24, 2.45) is 0 Å². The molecule has 3 N–H and O–H groups in total. The highest BCUT2D eigenvalue weighted by atomic mass is 35.5. The minimum absolute atomic E-state index is 0.362. The zero-order chi connectivity index (χ0) is 15.7. The van der Waals surface area contributed by atoms with Gasteiger partial charge in [0.25, 0.3) is 0 Å². The second kappa shape index (κ2) is 5.65. The van der Waals surface area contributed by atoms with Gasteiger partial charge in [0.05, 0.1) is 17.0 Å². The first-order valence-electron chi connectivity index (χ1n) is 6.63. The summed E-state index contributed by atoms with van der Waals surface area (Å²) in [5.41, 5.74) is 8.95. The Morgan fingerprint density at radius 1 is 1.14 bits per heavy atom. The molecule has 3 rings (SSSR count). The molecule has 7 heteroatoms. The van der Waals surface area contributed by atoms with E-state index in [1.807, 2.05) is 26.0 Å². The number of hydrogen-bond acceptors (Lipinski definition) is 6. The molecule has 0 aliphatic carbocycles. The van der Waals surface area contributed by atoms with E-state index in [0.29, 0.717) is 28.2 Å². The van der Waals surface area contributed by atoms with Gasteiger partial charge in [-0.3, -0.25) is 0 Å². The normalized spacial score (nSPS) is 10.7. The van der Waals surface area contributed by atoms with Crippen LogP contribution < -0.4 is 11.1 Å². The summed E-state index contributed by atoms with van der Waals surface area (Å²) in [5, 5.41) is 7.70. The third-order valence-electron chi connectivity index (χ3n) is 3.14. The molecule has 0 aliphatic rings. The Labute approximate surface area is 132 Å². The van der Waals surface area contributed by atoms with Crippen molar-refractivity contribution >= 4 is 29.1 Å². The van der Waals surface area contributed by atoms with Gasteiger partial charge in [-0.25, -0.2) is 4.98 Å². The first kappa shape index (κ1) is 14.3. The Hall–Kier alpha value is -2.60. The Balaban J connectivity index is 1.98. The number of aromatic nitrogens is 3. The molecule has 112 valence electrons. The van der Waals surface area contributed by atoms with Crippen LogP contribution in [0.25, 0.3) is 11.3 Å². The Kier molecular flexibility index (Phi) is 3.68. The van der Waals surface area contributed by atoms with Crippen molar-refractivity contribution in [3.8, 4) is 11.3 Å². The van der Waals surface area contributed by atoms with E-state index >= 15 is 0 Å². The highest BCUT2D eigenvalue weighted by Crippen LogP contribution is 2.27. The van der Waals surface area contributed by atoms with E-state index < -0.39 is 0 Å². The molecular weight excluding hydrogens is 302 g/mol. The lowest BCUT2D eigenvalue weighted by molar-refractivity contribution is 0.393. The molecule has 0 radical (unpaired) electrons. The van der Waals surface area contributed by atoms with Gasteiger partial charge >= 0.3 is 0 Å². The maximum absolute atomic E-state index is 5.88. The van der Waals surface area contributed by atoms with Crippen molar-refractivity contribution < 1.29 is 4.52 Å². The molecule has 0 saturated heterocycles. The van der Waals surface area contributed by atoms with Crippen molar-refractivity contribution in [1.82, 2.24) is 15.1 Å². The molecule has 0 fully saturated rings. The monoisotopic (exact) mass is 315 g/mol. The third kappa shape index (κ3) is 2.87. The molecular formula is C15H14ClN5O. The Morgan fingerprint density at radius 2 is 1.86 bits per heavy atom. The van der Waals surface area contributed by atoms with Gasteiger partial charge in [-0.15, -0.1) is 0 Å². The van der Waals surface area contributed by atoms with Crippen LogP contribution in [0.4, 0.5) is 17.5 Å². The van der Waals surface area contributed by atoms with E-state index in [-0.39, 0.29) is 0 Å². The number of aryl methyl sites for hydroxylation is 2. The summed E-state index contributed by atoms with van der Waals surface area (Å²) in [6.45, 7) is 3.69. The second-order valence-corrected chi connectivity index (χ2v) is 5.27. The number of hydrogen-bond donors (Lipinski definition) is 2. The molecule has 3 aromatic rings. The predicted molar refractivity (Wildman–Crippen MR) is 86.2 cm³/mol. The van der Waals surface area contributed by atoms with E-state index in [0.717, 1.165) is 16.9 Å². The summed E-state index contributed by atoms with van der Waals surface area (Å²) in [6, 6.07) is 8.94. The average Bonchev–Trinajstić information content (AvgIpc) is 2.80. The lowest BCUT2D eigenvalue weighted by Gasteiger charge is -2.08. The molecule has 0 atom stereocenters. The van der Waals surface area contributed by atoms with Gasteiger partial charge in [0.2, 0.25) is 5.95 Å². The molecule has 22 heavy (non-hydrogen) atoms. The lowest BCUT2D eigenvalue weighted by atomic mass is 10.1. The van der Waals surface area contributed by atoms with Gasteiger partial charge < -0.3 is 15.6 Å². The Bertz CT molecular complexity index is 794. The number of halogens is 1. The average molecular weight is 316 g/mol. The quantitative estimate of drug-likeness (QED) is 0.765. The number of nitrogens with one attached hydrogen (secondary N) is 1. The highest BCUT2D eigenvalue weighted by Gasteiger charge is 2.15. The van der Waals surface area contributed by atoms with Crippen molar-refractivity contribution in [3.63, 3.8) is 0 Å². The fraction of sp³-hybridized carbons (Fsp3) is 0.133. The fourth-order valence-electron chi connectivity index (χ4n) is 2.16. The van der Waals surface area contributed by atoms with Crippen molar-refractivity contribution in [2.75, 3.05) is 11.1 Å². The topological polar surface area (TPSA) is 89.9 Å². The van der Waals surface area contributed by atoms with Crippen LogP contribution in [0.5, 0.6) is 0 Å². The SMILES string of the molecule is Cc1noc(C)c1-c1cc(N)nc(Nc2ccc(Cl)cc2)n1. The highest BCUT2D eigenvalue weighted by molar-refractivity contribution is 6.30. The molecule has 6 nitrogen and oxygen atoms in total. The van der Waals surface area contributed by atoms with Crippen molar-refractivity contribution in [3.05, 3.63) is 46.8 Å². The zero-order valence-electron chi connectivity index (χ0n) is 12.1. The van der Waals surface area contributed by atoms with Gasteiger partial charge in [-0.2, -0.15) is 4.98 Å². The van der Waals surface area contributed by atoms with Gasteiger partial charge in [0.15, 0.2) is 0 Å². The molecule has 0 bridgehead atoms. The van der Waals surface area contributed by atoms with E-state index in [4.69, 9.17) is 21.9 Å². The first-order chi connectivity index (χ1) is 10.5. The van der Waals surface area contributed by atoms with Crippen molar-refractivity contribution in [1.29, 1.82) is 0 Å². The van der Waals surface area contributed by atoms with E-state index in [1.165, 1.54) is 0 Å². The molecule has 1 aromatic carbocycles. The molecule has 0 spiro atoms. The lowest BCUT2D eigenvalue weighted by Crippen LogP contribution is -2.02. The molecule has 2 heterocycles. The first-order valence-corrected chi connectivity index (χ1v) is 7.01. The largest absolute Gasteiger partial charge is 0.384 e. The predicted octanol–water partition coefficient (Wildman–Crippen LogP) is 3.73. The van der Waals surface area contributed by atoms with Crippen LogP contribution in [0.3, 0.4) is 0 Å². The van der Waals surface area contributed by atoms with Crippen LogP contribution in [-0.4, -0.2) is 15.1 Å². The van der Waals surface area contributed by atoms with Gasteiger partial charge in [0, 0.05) is 16.8 Å². The molecule has 0 aliphatic heterocycles. The van der Waals surface area contributed by atoms with Gasteiger partial charge in [-0.05, 0) is 38.1 Å². The van der Waals surface area contributed by atoms with Gasteiger partial charge in [-0.1, -0.05) is 16.8 Å². The Morgan fingerprint density at radius 3 is 2.50 bits per heavy atom. The number of nitrogens with zero attached hydrogens (tertiary/aromatic N) is 3. The summed E-state index contributed by atoms with van der Waals surface area (Å²) < 4.78 is 5.17. The number of anilines is 3. The van der Waals surface area contributed by atoms with Crippen LogP contribution >= 0.6 is 11.6 Å². The summed E-state index contributed by atoms with van der Waals surface area (Å²) in [4.78, 5) is 8.67. The smallest absolute Gasteiger partial charge is 0.229 e. The third-order valence-corrected chi connectivity index (χ3v) is 3.39. The standard InChI is InChI=1S/C15H14ClN5O/c1-8-14(9(2)22-21-8)12-7-13(17)20-15(19-12)18-11-5-3-10(16)4-6-11/h3-7H,1-2H3,(H3,17,18,19,20). The minimum Gasteiger partial charge on any atom is -0.384 e. The van der Waals surface area contributed by atoms with Crippen molar-refractivity contribution in [2.45, 2.75) is 13.8 Å². The maximum Gasteiger partial charge on any atom is 0.229 e. The van der Waals surface area contributed by atoms with E-state index in [9.17, 15) is 0 Å². The second-order valence-electron chi connectivity index (χ2n) is 4.83. The fourth-order valence-corrected chi connectivity index (χ4v) is 2.29. The number of nitrogens with two attached hydrogens (primary N) is 1. The van der Waals surface area contributed by atoms with Crippen LogP contribution in [0.1, 0.15) is 11.5 Å². The molecule has 0 amide bonds. The summed E-state index contributed by atoms with van der Waals surface area (Å²) >= 11 is 5.87. The summed E-state index contributed by atoms with van der Waals surface area (Å²) in [7, 11) is 0. The summed E-state index contributed by atoms with van der Waals surface area (Å²) in [6.07, 6.45) is 0. The molecule has 0 unspecified atom stereocenters. The number of benzene rings is 1. The summed E-state index contributed by atoms with van der Waals surface area (Å²) in [5.74, 6) is 1.45. The molecule has 2 aromatic heterocycles. The van der Waals surface area contributed by atoms with Gasteiger partial charge in [0.1, 0.15) is 11.6 Å². The van der Waals surface area contributed by atoms with Crippen LogP contribution in [0.2, 0.25) is 5.02 Å². The van der Waals surface area contributed by atoms with Crippen LogP contribution in [0, 0.1) is 13.8 Å². The minimum atomic E-state index is 0.362. The number of rotatable bonds is 3. The van der Waals surface area contributed by atoms with E-state index in [2.05, 4.69) is 20.4 Å². The maximum atomic E-state index is 5.88. The number of nitrogen functional groups attached to an aromatic ring is 1. The van der Waals surface area contributed by atoms with Crippen LogP contribution in [-0.2, 0) is 0 Å². The van der Waals surface area contributed by atoms with Crippen LogP contribution in [0.15, 0.2) is 34.9 Å². The van der Waals surface area contributed by atoms with E-state index in [1.54, 1.807) is 18.2 Å².